The minimum atomic E-state index is -0.126. The van der Waals surface area contributed by atoms with Gasteiger partial charge in [-0.1, -0.05) is 25.7 Å². The fraction of sp³-hybridized carbons (Fsp3) is 0.579. The Bertz CT molecular complexity index is 593. The van der Waals surface area contributed by atoms with Gasteiger partial charge in [0.05, 0.1) is 0 Å². The van der Waals surface area contributed by atoms with Gasteiger partial charge in [0, 0.05) is 18.5 Å². The molecule has 1 amide bonds. The molecule has 3 rings (SSSR count). The fourth-order valence-corrected chi connectivity index (χ4v) is 3.46. The average Bonchev–Trinajstić information content (AvgIpc) is 3.10. The van der Waals surface area contributed by atoms with Gasteiger partial charge in [-0.05, 0) is 42.5 Å². The number of anilines is 1. The molecule has 5 heteroatoms. The third-order valence-electron chi connectivity index (χ3n) is 4.82. The molecule has 1 heterocycles. The van der Waals surface area contributed by atoms with E-state index >= 15 is 0 Å². The first-order chi connectivity index (χ1) is 11.7. The van der Waals surface area contributed by atoms with E-state index < -0.39 is 0 Å². The van der Waals surface area contributed by atoms with E-state index in [2.05, 4.69) is 5.32 Å². The number of ether oxygens (including phenoxy) is 2. The van der Waals surface area contributed by atoms with Crippen LogP contribution < -0.4 is 10.1 Å². The van der Waals surface area contributed by atoms with E-state index in [1.54, 1.807) is 0 Å². The van der Waals surface area contributed by atoms with Gasteiger partial charge in [-0.15, -0.1) is 0 Å². The van der Waals surface area contributed by atoms with Crippen molar-refractivity contribution in [3.63, 3.8) is 0 Å². The van der Waals surface area contributed by atoms with E-state index in [1.165, 1.54) is 25.7 Å². The molecule has 0 radical (unpaired) electrons. The Balaban J connectivity index is 1.34. The molecule has 1 fully saturated rings. The molecule has 1 aliphatic heterocycles. The lowest BCUT2D eigenvalue weighted by atomic mass is 10.0. The monoisotopic (exact) mass is 331 g/mol. The maximum atomic E-state index is 11.7. The molecule has 0 saturated heterocycles. The van der Waals surface area contributed by atoms with Gasteiger partial charge in [0.25, 0.3) is 0 Å². The second-order valence-electron chi connectivity index (χ2n) is 6.63. The Morgan fingerprint density at radius 2 is 2.00 bits per heavy atom. The van der Waals surface area contributed by atoms with Gasteiger partial charge in [-0.2, -0.15) is 0 Å². The third-order valence-corrected chi connectivity index (χ3v) is 4.82. The van der Waals surface area contributed by atoms with Gasteiger partial charge in [0.1, 0.15) is 19.0 Å². The molecule has 2 aliphatic rings. The quantitative estimate of drug-likeness (QED) is 0.614. The van der Waals surface area contributed by atoms with Crippen molar-refractivity contribution in [3.05, 3.63) is 23.8 Å². The molecule has 0 aromatic heterocycles. The third kappa shape index (κ3) is 4.73. The molecule has 1 saturated carbocycles. The Kier molecular flexibility index (Phi) is 5.72. The van der Waals surface area contributed by atoms with Crippen molar-refractivity contribution in [3.8, 4) is 5.75 Å². The number of amides is 1. The van der Waals surface area contributed by atoms with Crippen molar-refractivity contribution in [1.82, 2.24) is 0 Å². The summed E-state index contributed by atoms with van der Waals surface area (Å²) in [6.45, 7) is 0.623. The van der Waals surface area contributed by atoms with Gasteiger partial charge in [0.15, 0.2) is 0 Å². The Morgan fingerprint density at radius 1 is 1.17 bits per heavy atom. The van der Waals surface area contributed by atoms with Crippen LogP contribution in [0.25, 0.3) is 0 Å². The molecule has 130 valence electrons. The van der Waals surface area contributed by atoms with Gasteiger partial charge < -0.3 is 14.8 Å². The van der Waals surface area contributed by atoms with Crippen LogP contribution in [0.15, 0.2) is 18.2 Å². The van der Waals surface area contributed by atoms with Crippen LogP contribution in [0.5, 0.6) is 5.75 Å². The SMILES string of the molecule is O=C1CCc2cc(OCCOC(=O)CCC3CCCC3)ccc2N1. The fourth-order valence-electron chi connectivity index (χ4n) is 3.46. The Morgan fingerprint density at radius 3 is 2.83 bits per heavy atom. The number of rotatable bonds is 7. The molecule has 0 atom stereocenters. The normalized spacial score (nSPS) is 17.2. The lowest BCUT2D eigenvalue weighted by molar-refractivity contribution is -0.144. The largest absolute Gasteiger partial charge is 0.490 e. The first-order valence-corrected chi connectivity index (χ1v) is 8.92. The predicted molar refractivity (Wildman–Crippen MR) is 91.0 cm³/mol. The van der Waals surface area contributed by atoms with Crippen LogP contribution in [0.4, 0.5) is 5.69 Å². The van der Waals surface area contributed by atoms with E-state index in [4.69, 9.17) is 9.47 Å². The van der Waals surface area contributed by atoms with E-state index in [1.807, 2.05) is 18.2 Å². The summed E-state index contributed by atoms with van der Waals surface area (Å²) in [6.07, 6.45) is 7.84. The van der Waals surface area contributed by atoms with E-state index in [9.17, 15) is 9.59 Å². The predicted octanol–water partition coefficient (Wildman–Crippen LogP) is 3.46. The van der Waals surface area contributed by atoms with Crippen LogP contribution in [0.1, 0.15) is 50.5 Å². The summed E-state index contributed by atoms with van der Waals surface area (Å²) in [5.41, 5.74) is 1.94. The van der Waals surface area contributed by atoms with Crippen molar-refractivity contribution in [2.45, 2.75) is 51.4 Å². The summed E-state index contributed by atoms with van der Waals surface area (Å²) in [6, 6.07) is 5.62. The zero-order chi connectivity index (χ0) is 16.8. The molecule has 1 aromatic rings. The smallest absolute Gasteiger partial charge is 0.305 e. The molecule has 1 N–H and O–H groups in total. The van der Waals surface area contributed by atoms with E-state index in [0.29, 0.717) is 25.4 Å². The first-order valence-electron chi connectivity index (χ1n) is 8.92. The van der Waals surface area contributed by atoms with Gasteiger partial charge >= 0.3 is 5.97 Å². The number of fused-ring (bicyclic) bond motifs is 1. The van der Waals surface area contributed by atoms with Crippen LogP contribution in [0.3, 0.4) is 0 Å². The maximum Gasteiger partial charge on any atom is 0.305 e. The number of hydrogen-bond donors (Lipinski definition) is 1. The number of carbonyl (C=O) groups excluding carboxylic acids is 2. The molecule has 5 nitrogen and oxygen atoms in total. The highest BCUT2D eigenvalue weighted by molar-refractivity contribution is 5.93. The molecule has 0 spiro atoms. The van der Waals surface area contributed by atoms with Crippen molar-refractivity contribution in [2.75, 3.05) is 18.5 Å². The summed E-state index contributed by atoms with van der Waals surface area (Å²) in [4.78, 5) is 23.0. The second-order valence-corrected chi connectivity index (χ2v) is 6.63. The highest BCUT2D eigenvalue weighted by atomic mass is 16.6. The van der Waals surface area contributed by atoms with Crippen molar-refractivity contribution < 1.29 is 19.1 Å². The van der Waals surface area contributed by atoms with E-state index in [0.717, 1.165) is 29.8 Å². The van der Waals surface area contributed by atoms with Crippen molar-refractivity contribution in [1.29, 1.82) is 0 Å². The maximum absolute atomic E-state index is 11.7. The molecule has 0 unspecified atom stereocenters. The van der Waals surface area contributed by atoms with Crippen LogP contribution >= 0.6 is 0 Å². The zero-order valence-electron chi connectivity index (χ0n) is 14.0. The van der Waals surface area contributed by atoms with Crippen LogP contribution in [-0.2, 0) is 20.7 Å². The molecule has 24 heavy (non-hydrogen) atoms. The number of carbonyl (C=O) groups is 2. The lowest BCUT2D eigenvalue weighted by Gasteiger charge is -2.17. The molecule has 1 aliphatic carbocycles. The van der Waals surface area contributed by atoms with Crippen LogP contribution in [-0.4, -0.2) is 25.1 Å². The van der Waals surface area contributed by atoms with Gasteiger partial charge in [0.2, 0.25) is 5.91 Å². The Hall–Kier alpha value is -2.04. The Labute approximate surface area is 142 Å². The zero-order valence-corrected chi connectivity index (χ0v) is 14.0. The average molecular weight is 331 g/mol. The summed E-state index contributed by atoms with van der Waals surface area (Å²) in [7, 11) is 0. The highest BCUT2D eigenvalue weighted by Gasteiger charge is 2.17. The minimum Gasteiger partial charge on any atom is -0.490 e. The summed E-state index contributed by atoms with van der Waals surface area (Å²) >= 11 is 0. The molecular formula is C19H25NO4. The topological polar surface area (TPSA) is 64.6 Å². The molecular weight excluding hydrogens is 306 g/mol. The second kappa shape index (κ2) is 8.18. The standard InChI is InChI=1S/C19H25NO4/c21-18-9-6-15-13-16(7-8-17(15)20-18)23-11-12-24-19(22)10-5-14-3-1-2-4-14/h7-8,13-14H,1-6,9-12H2,(H,20,21). The summed E-state index contributed by atoms with van der Waals surface area (Å²) < 4.78 is 10.9. The number of esters is 1. The molecule has 1 aromatic carbocycles. The molecule has 0 bridgehead atoms. The van der Waals surface area contributed by atoms with Crippen LogP contribution in [0, 0.1) is 5.92 Å². The first kappa shape index (κ1) is 16.8. The van der Waals surface area contributed by atoms with Crippen LogP contribution in [0.2, 0.25) is 0 Å². The van der Waals surface area contributed by atoms with Crippen molar-refractivity contribution in [2.24, 2.45) is 5.92 Å². The van der Waals surface area contributed by atoms with E-state index in [-0.39, 0.29) is 18.5 Å². The number of aryl methyl sites for hydroxylation is 1. The number of nitrogens with one attached hydrogen (secondary N) is 1. The summed E-state index contributed by atoms with van der Waals surface area (Å²) in [5, 5.41) is 2.84. The minimum absolute atomic E-state index is 0.0562. The summed E-state index contributed by atoms with van der Waals surface area (Å²) in [5.74, 6) is 1.39. The van der Waals surface area contributed by atoms with Crippen molar-refractivity contribution >= 4 is 17.6 Å². The van der Waals surface area contributed by atoms with Gasteiger partial charge in [-0.25, -0.2) is 0 Å². The number of hydrogen-bond acceptors (Lipinski definition) is 4. The number of benzene rings is 1. The lowest BCUT2D eigenvalue weighted by Crippen LogP contribution is -2.19. The van der Waals surface area contributed by atoms with Gasteiger partial charge in [-0.3, -0.25) is 9.59 Å². The highest BCUT2D eigenvalue weighted by Crippen LogP contribution is 2.28.